The van der Waals surface area contributed by atoms with Gasteiger partial charge in [0.2, 0.25) is 0 Å². The Balaban J connectivity index is 2.29. The average molecular weight is 178 g/mol. The van der Waals surface area contributed by atoms with E-state index < -0.39 is 0 Å². The number of fused-ring (bicyclic) bond motifs is 3. The first kappa shape index (κ1) is 7.87. The van der Waals surface area contributed by atoms with E-state index in [1.54, 1.807) is 0 Å². The highest BCUT2D eigenvalue weighted by molar-refractivity contribution is 6.56. The van der Waals surface area contributed by atoms with Crippen molar-refractivity contribution in [2.75, 3.05) is 0 Å². The molecule has 2 aromatic rings. The van der Waals surface area contributed by atoms with Gasteiger partial charge in [-0.2, -0.15) is 0 Å². The highest BCUT2D eigenvalue weighted by atomic mass is 14.1. The smallest absolute Gasteiger partial charge is 0.0765 e. The quantitative estimate of drug-likeness (QED) is 0.540. The highest BCUT2D eigenvalue weighted by Crippen LogP contribution is 2.25. The molecule has 1 aliphatic heterocycles. The molecule has 0 nitrogen and oxygen atoms in total. The maximum atomic E-state index is 2.24. The largest absolute Gasteiger partial charge is 0.162 e. The van der Waals surface area contributed by atoms with Gasteiger partial charge in [0.25, 0.3) is 0 Å². The third-order valence-corrected chi connectivity index (χ3v) is 2.99. The summed E-state index contributed by atoms with van der Waals surface area (Å²) < 4.78 is 0. The molecule has 0 amide bonds. The van der Waals surface area contributed by atoms with Crippen molar-refractivity contribution in [3.63, 3.8) is 0 Å². The van der Waals surface area contributed by atoms with E-state index in [0.717, 1.165) is 0 Å². The summed E-state index contributed by atoms with van der Waals surface area (Å²) in [4.78, 5) is 0. The molecule has 2 aromatic carbocycles. The van der Waals surface area contributed by atoms with E-state index in [1.807, 2.05) is 0 Å². The average Bonchev–Trinajstić information content (AvgIpc) is 2.29. The van der Waals surface area contributed by atoms with E-state index in [9.17, 15) is 0 Å². The molecule has 66 valence electrons. The third-order valence-electron chi connectivity index (χ3n) is 2.99. The molecule has 0 N–H and O–H groups in total. The number of hydrogen-bond acceptors (Lipinski definition) is 0. The van der Waals surface area contributed by atoms with Crippen LogP contribution in [0.3, 0.4) is 0 Å². The molecule has 0 spiro atoms. The fraction of sp³-hybridized carbons (Fsp3) is 0.0769. The van der Waals surface area contributed by atoms with Gasteiger partial charge in [0.1, 0.15) is 0 Å². The number of benzene rings is 2. The normalized spacial score (nSPS) is 12.6. The second-order valence-corrected chi connectivity index (χ2v) is 3.81. The van der Waals surface area contributed by atoms with Crippen LogP contribution in [0.15, 0.2) is 48.5 Å². The topological polar surface area (TPSA) is 0 Å². The van der Waals surface area contributed by atoms with Gasteiger partial charge in [-0.15, -0.1) is 0 Å². The van der Waals surface area contributed by atoms with Gasteiger partial charge in [-0.3, -0.25) is 0 Å². The van der Waals surface area contributed by atoms with Gasteiger partial charge in [0.15, 0.2) is 7.28 Å². The minimum atomic E-state index is 1.19. The first-order chi connectivity index (χ1) is 6.95. The molecule has 1 aliphatic rings. The lowest BCUT2D eigenvalue weighted by Crippen LogP contribution is -2.23. The zero-order chi connectivity index (χ0) is 9.38. The van der Waals surface area contributed by atoms with Crippen molar-refractivity contribution in [2.45, 2.75) is 6.32 Å². The Hall–Kier alpha value is -1.50. The molecule has 1 heteroatoms. The molecule has 0 atom stereocenters. The van der Waals surface area contributed by atoms with Crippen molar-refractivity contribution in [1.82, 2.24) is 0 Å². The van der Waals surface area contributed by atoms with Crippen LogP contribution in [0.2, 0.25) is 0 Å². The second kappa shape index (κ2) is 3.02. The standard InChI is InChI=1S/C13H11B/c1-2-6-11-10(5-1)9-14-13-8-4-3-7-12(11)13/h1-8,14H,9H2. The minimum absolute atomic E-state index is 1.19. The molecule has 0 radical (unpaired) electrons. The van der Waals surface area contributed by atoms with Gasteiger partial charge in [-0.25, -0.2) is 0 Å². The second-order valence-electron chi connectivity index (χ2n) is 3.81. The van der Waals surface area contributed by atoms with Crippen LogP contribution in [0.1, 0.15) is 5.56 Å². The van der Waals surface area contributed by atoms with Gasteiger partial charge in [0, 0.05) is 0 Å². The summed E-state index contributed by atoms with van der Waals surface area (Å²) in [5.41, 5.74) is 5.83. The summed E-state index contributed by atoms with van der Waals surface area (Å²) in [7, 11) is 1.19. The highest BCUT2D eigenvalue weighted by Gasteiger charge is 2.14. The molecule has 0 aliphatic carbocycles. The van der Waals surface area contributed by atoms with Crippen LogP contribution in [-0.4, -0.2) is 7.28 Å². The lowest BCUT2D eigenvalue weighted by Gasteiger charge is -2.18. The fourth-order valence-corrected chi connectivity index (χ4v) is 2.27. The Labute approximate surface area is 84.8 Å². The summed E-state index contributed by atoms with van der Waals surface area (Å²) in [5, 5.41) is 0. The summed E-state index contributed by atoms with van der Waals surface area (Å²) in [6.45, 7) is 0. The molecule has 0 unspecified atom stereocenters. The predicted octanol–water partition coefficient (Wildman–Crippen LogP) is 1.93. The van der Waals surface area contributed by atoms with Crippen molar-refractivity contribution in [1.29, 1.82) is 0 Å². The Kier molecular flexibility index (Phi) is 1.70. The van der Waals surface area contributed by atoms with Crippen LogP contribution in [0, 0.1) is 0 Å². The maximum Gasteiger partial charge on any atom is 0.162 e. The van der Waals surface area contributed by atoms with Gasteiger partial charge < -0.3 is 0 Å². The van der Waals surface area contributed by atoms with E-state index in [1.165, 1.54) is 35.8 Å². The van der Waals surface area contributed by atoms with Crippen molar-refractivity contribution in [2.24, 2.45) is 0 Å². The summed E-state index contributed by atoms with van der Waals surface area (Å²) >= 11 is 0. The van der Waals surface area contributed by atoms with Crippen LogP contribution < -0.4 is 5.46 Å². The molecule has 0 bridgehead atoms. The first-order valence-electron chi connectivity index (χ1n) is 5.11. The molecule has 3 rings (SSSR count). The van der Waals surface area contributed by atoms with Crippen molar-refractivity contribution < 1.29 is 0 Å². The molecule has 14 heavy (non-hydrogen) atoms. The maximum absolute atomic E-state index is 2.24. The van der Waals surface area contributed by atoms with Gasteiger partial charge in [-0.1, -0.05) is 54.0 Å². The molecule has 0 fully saturated rings. The molecule has 1 heterocycles. The monoisotopic (exact) mass is 178 g/mol. The zero-order valence-electron chi connectivity index (χ0n) is 8.03. The van der Waals surface area contributed by atoms with E-state index in [0.29, 0.717) is 0 Å². The van der Waals surface area contributed by atoms with Crippen molar-refractivity contribution in [3.8, 4) is 11.1 Å². The number of hydrogen-bond donors (Lipinski definition) is 0. The predicted molar refractivity (Wildman–Crippen MR) is 62.4 cm³/mol. The van der Waals surface area contributed by atoms with Crippen molar-refractivity contribution >= 4 is 12.7 Å². The van der Waals surface area contributed by atoms with Gasteiger partial charge in [0.05, 0.1) is 0 Å². The lowest BCUT2D eigenvalue weighted by molar-refractivity contribution is 1.37. The van der Waals surface area contributed by atoms with Crippen LogP contribution in [0.5, 0.6) is 0 Å². The fourth-order valence-electron chi connectivity index (χ4n) is 2.27. The molecular weight excluding hydrogens is 167 g/mol. The van der Waals surface area contributed by atoms with Crippen LogP contribution in [-0.2, 0) is 6.32 Å². The van der Waals surface area contributed by atoms with Gasteiger partial charge >= 0.3 is 0 Å². The summed E-state index contributed by atoms with van der Waals surface area (Å²) in [5.74, 6) is 0. The van der Waals surface area contributed by atoms with E-state index in [2.05, 4.69) is 48.5 Å². The van der Waals surface area contributed by atoms with E-state index in [-0.39, 0.29) is 0 Å². The Bertz CT molecular complexity index is 429. The Morgan fingerprint density at radius 3 is 2.43 bits per heavy atom. The van der Waals surface area contributed by atoms with Crippen LogP contribution in [0.25, 0.3) is 11.1 Å². The SMILES string of the molecule is B1Cc2ccccc2-c2ccccc21. The first-order valence-corrected chi connectivity index (χ1v) is 5.11. The third kappa shape index (κ3) is 1.09. The Morgan fingerprint density at radius 1 is 0.786 bits per heavy atom. The van der Waals surface area contributed by atoms with E-state index in [4.69, 9.17) is 0 Å². The summed E-state index contributed by atoms with van der Waals surface area (Å²) in [6, 6.07) is 17.5. The molecular formula is C13H11B. The zero-order valence-corrected chi connectivity index (χ0v) is 8.03. The Morgan fingerprint density at radius 2 is 1.50 bits per heavy atom. The molecule has 0 saturated carbocycles. The van der Waals surface area contributed by atoms with Gasteiger partial charge in [-0.05, 0) is 23.0 Å². The molecule has 0 saturated heterocycles. The van der Waals surface area contributed by atoms with Crippen LogP contribution in [0.4, 0.5) is 0 Å². The van der Waals surface area contributed by atoms with Crippen LogP contribution >= 0.6 is 0 Å². The number of rotatable bonds is 0. The molecule has 0 aromatic heterocycles. The van der Waals surface area contributed by atoms with Crippen molar-refractivity contribution in [3.05, 3.63) is 54.1 Å². The van der Waals surface area contributed by atoms with E-state index >= 15 is 0 Å². The minimum Gasteiger partial charge on any atom is -0.0765 e. The summed E-state index contributed by atoms with van der Waals surface area (Å²) in [6.07, 6.45) is 1.19. The lowest BCUT2D eigenvalue weighted by atomic mass is 9.58.